The molecule has 1 aliphatic carbocycles. The number of hydrogen-bond donors (Lipinski definition) is 1. The first-order valence-electron chi connectivity index (χ1n) is 6.72. The molecule has 0 aliphatic heterocycles. The number of carbonyl (C=O) groups excluding carboxylic acids is 1. The first kappa shape index (κ1) is 13.7. The SMILES string of the molecule is C[C@H]1C/C(=N/NC(=O)c2cccnc2)CC(C)(C)C1. The predicted molar refractivity (Wildman–Crippen MR) is 75.9 cm³/mol. The van der Waals surface area contributed by atoms with Crippen molar-refractivity contribution < 1.29 is 4.79 Å². The zero-order valence-electron chi connectivity index (χ0n) is 11.8. The van der Waals surface area contributed by atoms with Crippen LogP contribution in [-0.2, 0) is 0 Å². The number of carbonyl (C=O) groups is 1. The second-order valence-corrected chi connectivity index (χ2v) is 6.22. The molecule has 1 atom stereocenters. The molecule has 1 aromatic heterocycles. The minimum absolute atomic E-state index is 0.198. The average molecular weight is 259 g/mol. The summed E-state index contributed by atoms with van der Waals surface area (Å²) in [6, 6.07) is 3.48. The summed E-state index contributed by atoms with van der Waals surface area (Å²) in [6.45, 7) is 6.74. The summed E-state index contributed by atoms with van der Waals surface area (Å²) in [5.74, 6) is 0.425. The standard InChI is InChI=1S/C15H21N3O/c1-11-7-13(9-15(2,3)8-11)17-18-14(19)12-5-4-6-16-10-12/h4-6,10-11H,7-9H2,1-3H3,(H,18,19)/b17-13-/t11-/m0/s1. The topological polar surface area (TPSA) is 54.4 Å². The molecule has 1 amide bonds. The lowest BCUT2D eigenvalue weighted by molar-refractivity contribution is 0.0953. The Labute approximate surface area is 114 Å². The van der Waals surface area contributed by atoms with Crippen LogP contribution in [0.5, 0.6) is 0 Å². The van der Waals surface area contributed by atoms with E-state index in [1.54, 1.807) is 24.5 Å². The van der Waals surface area contributed by atoms with Gasteiger partial charge in [-0.05, 0) is 42.7 Å². The Bertz CT molecular complexity index is 479. The second kappa shape index (κ2) is 5.51. The normalized spacial score (nSPS) is 24.2. The monoisotopic (exact) mass is 259 g/mol. The van der Waals surface area contributed by atoms with Crippen molar-refractivity contribution in [2.75, 3.05) is 0 Å². The van der Waals surface area contributed by atoms with Gasteiger partial charge in [-0.25, -0.2) is 5.43 Å². The first-order valence-corrected chi connectivity index (χ1v) is 6.72. The van der Waals surface area contributed by atoms with E-state index in [2.05, 4.69) is 36.3 Å². The van der Waals surface area contributed by atoms with Crippen molar-refractivity contribution in [3.63, 3.8) is 0 Å². The fourth-order valence-electron chi connectivity index (χ4n) is 2.89. The molecule has 0 radical (unpaired) electrons. The second-order valence-electron chi connectivity index (χ2n) is 6.22. The summed E-state index contributed by atoms with van der Waals surface area (Å²) >= 11 is 0. The number of rotatable bonds is 2. The number of aromatic nitrogens is 1. The molecule has 19 heavy (non-hydrogen) atoms. The van der Waals surface area contributed by atoms with Gasteiger partial charge in [-0.2, -0.15) is 5.10 Å². The zero-order valence-corrected chi connectivity index (χ0v) is 11.8. The molecular weight excluding hydrogens is 238 g/mol. The van der Waals surface area contributed by atoms with Crippen molar-refractivity contribution in [1.82, 2.24) is 10.4 Å². The Hall–Kier alpha value is -1.71. The molecule has 1 aliphatic rings. The maximum absolute atomic E-state index is 11.9. The van der Waals surface area contributed by atoms with Gasteiger partial charge < -0.3 is 0 Å². The van der Waals surface area contributed by atoms with Gasteiger partial charge in [0.1, 0.15) is 0 Å². The van der Waals surface area contributed by atoms with E-state index in [-0.39, 0.29) is 11.3 Å². The third kappa shape index (κ3) is 3.88. The summed E-state index contributed by atoms with van der Waals surface area (Å²) in [7, 11) is 0. The van der Waals surface area contributed by atoms with Crippen LogP contribution in [0.4, 0.5) is 0 Å². The maximum atomic E-state index is 11.9. The lowest BCUT2D eigenvalue weighted by atomic mass is 9.72. The minimum atomic E-state index is -0.198. The predicted octanol–water partition coefficient (Wildman–Crippen LogP) is 3.01. The molecule has 4 heteroatoms. The lowest BCUT2D eigenvalue weighted by Gasteiger charge is -2.34. The van der Waals surface area contributed by atoms with Gasteiger partial charge in [0.05, 0.1) is 5.56 Å². The molecule has 0 unspecified atom stereocenters. The molecule has 1 aromatic rings. The largest absolute Gasteiger partial charge is 0.272 e. The van der Waals surface area contributed by atoms with Crippen molar-refractivity contribution in [2.24, 2.45) is 16.4 Å². The van der Waals surface area contributed by atoms with Gasteiger partial charge in [-0.1, -0.05) is 20.8 Å². The van der Waals surface area contributed by atoms with E-state index in [4.69, 9.17) is 0 Å². The maximum Gasteiger partial charge on any atom is 0.272 e. The van der Waals surface area contributed by atoms with Gasteiger partial charge in [0.2, 0.25) is 0 Å². The molecule has 4 nitrogen and oxygen atoms in total. The number of pyridine rings is 1. The summed E-state index contributed by atoms with van der Waals surface area (Å²) in [4.78, 5) is 15.8. The van der Waals surface area contributed by atoms with Crippen LogP contribution in [0.1, 0.15) is 50.4 Å². The molecule has 0 aromatic carbocycles. The van der Waals surface area contributed by atoms with Gasteiger partial charge in [0.25, 0.3) is 5.91 Å². The summed E-state index contributed by atoms with van der Waals surface area (Å²) < 4.78 is 0. The fourth-order valence-corrected chi connectivity index (χ4v) is 2.89. The highest BCUT2D eigenvalue weighted by molar-refractivity contribution is 5.95. The van der Waals surface area contributed by atoms with Crippen molar-refractivity contribution in [3.8, 4) is 0 Å². The molecule has 1 fully saturated rings. The highest BCUT2D eigenvalue weighted by Gasteiger charge is 2.29. The van der Waals surface area contributed by atoms with E-state index in [9.17, 15) is 4.79 Å². The third-order valence-corrected chi connectivity index (χ3v) is 3.41. The van der Waals surface area contributed by atoms with E-state index in [0.717, 1.165) is 18.6 Å². The Kier molecular flexibility index (Phi) is 3.98. The van der Waals surface area contributed by atoms with Crippen molar-refractivity contribution >= 4 is 11.6 Å². The van der Waals surface area contributed by atoms with Crippen molar-refractivity contribution in [1.29, 1.82) is 0 Å². The summed E-state index contributed by atoms with van der Waals surface area (Å²) in [5, 5.41) is 4.29. The van der Waals surface area contributed by atoms with E-state index in [0.29, 0.717) is 11.5 Å². The molecular formula is C15H21N3O. The molecule has 1 heterocycles. The fraction of sp³-hybridized carbons (Fsp3) is 0.533. The van der Waals surface area contributed by atoms with E-state index in [1.165, 1.54) is 6.42 Å². The van der Waals surface area contributed by atoms with Crippen LogP contribution in [-0.4, -0.2) is 16.6 Å². The van der Waals surface area contributed by atoms with Gasteiger partial charge in [-0.15, -0.1) is 0 Å². The summed E-state index contributed by atoms with van der Waals surface area (Å²) in [6.07, 6.45) is 6.32. The number of amides is 1. The Morgan fingerprint density at radius 1 is 1.53 bits per heavy atom. The Morgan fingerprint density at radius 3 is 2.95 bits per heavy atom. The van der Waals surface area contributed by atoms with Crippen LogP contribution in [0.2, 0.25) is 0 Å². The van der Waals surface area contributed by atoms with Crippen LogP contribution in [0.3, 0.4) is 0 Å². The Morgan fingerprint density at radius 2 is 2.32 bits per heavy atom. The van der Waals surface area contributed by atoms with E-state index >= 15 is 0 Å². The van der Waals surface area contributed by atoms with Crippen molar-refractivity contribution in [2.45, 2.75) is 40.0 Å². The molecule has 2 rings (SSSR count). The van der Waals surface area contributed by atoms with Crippen LogP contribution >= 0.6 is 0 Å². The van der Waals surface area contributed by atoms with Gasteiger partial charge in [-0.3, -0.25) is 9.78 Å². The zero-order chi connectivity index (χ0) is 13.9. The van der Waals surface area contributed by atoms with E-state index in [1.807, 2.05) is 0 Å². The average Bonchev–Trinajstić information content (AvgIpc) is 2.34. The molecule has 1 N–H and O–H groups in total. The van der Waals surface area contributed by atoms with Gasteiger partial charge >= 0.3 is 0 Å². The smallest absolute Gasteiger partial charge is 0.267 e. The van der Waals surface area contributed by atoms with Crippen LogP contribution in [0, 0.1) is 11.3 Å². The van der Waals surface area contributed by atoms with Crippen LogP contribution in [0.25, 0.3) is 0 Å². The molecule has 0 spiro atoms. The molecule has 0 saturated heterocycles. The van der Waals surface area contributed by atoms with Crippen LogP contribution < -0.4 is 5.43 Å². The minimum Gasteiger partial charge on any atom is -0.267 e. The molecule has 0 bridgehead atoms. The van der Waals surface area contributed by atoms with Crippen molar-refractivity contribution in [3.05, 3.63) is 30.1 Å². The third-order valence-electron chi connectivity index (χ3n) is 3.41. The molecule has 102 valence electrons. The van der Waals surface area contributed by atoms with Gasteiger partial charge in [0.15, 0.2) is 0 Å². The van der Waals surface area contributed by atoms with Gasteiger partial charge in [0, 0.05) is 18.1 Å². The number of hydrogen-bond acceptors (Lipinski definition) is 3. The Balaban J connectivity index is 2.01. The quantitative estimate of drug-likeness (QED) is 0.830. The number of nitrogens with zero attached hydrogens (tertiary/aromatic N) is 2. The van der Waals surface area contributed by atoms with E-state index < -0.39 is 0 Å². The number of nitrogens with one attached hydrogen (secondary N) is 1. The highest BCUT2D eigenvalue weighted by atomic mass is 16.2. The lowest BCUT2D eigenvalue weighted by Crippen LogP contribution is -2.30. The highest BCUT2D eigenvalue weighted by Crippen LogP contribution is 2.36. The van der Waals surface area contributed by atoms with Crippen LogP contribution in [0.15, 0.2) is 29.6 Å². The molecule has 1 saturated carbocycles. The summed E-state index contributed by atoms with van der Waals surface area (Å²) in [5.41, 5.74) is 4.53. The first-order chi connectivity index (χ1) is 8.96. The number of hydrazone groups is 1.